The molecule has 0 unspecified atom stereocenters. The van der Waals surface area contributed by atoms with Crippen molar-refractivity contribution < 1.29 is 14.6 Å². The lowest BCUT2D eigenvalue weighted by atomic mass is 10.0. The lowest BCUT2D eigenvalue weighted by Crippen LogP contribution is -2.19. The van der Waals surface area contributed by atoms with Crippen LogP contribution in [0.1, 0.15) is 18.9 Å². The molecule has 25 heavy (non-hydrogen) atoms. The minimum atomic E-state index is -0.326. The predicted octanol–water partition coefficient (Wildman–Crippen LogP) is 3.06. The number of ether oxygens (including phenoxy) is 2. The van der Waals surface area contributed by atoms with Gasteiger partial charge in [0.15, 0.2) is 0 Å². The van der Waals surface area contributed by atoms with Gasteiger partial charge in [0.2, 0.25) is 0 Å². The molecule has 3 aromatic rings. The molecular weight excluding hydrogens is 320 g/mol. The van der Waals surface area contributed by atoms with Crippen molar-refractivity contribution in [1.82, 2.24) is 9.55 Å². The van der Waals surface area contributed by atoms with Gasteiger partial charge in [0.1, 0.15) is 29.0 Å². The van der Waals surface area contributed by atoms with Crippen LogP contribution in [0, 0.1) is 0 Å². The summed E-state index contributed by atoms with van der Waals surface area (Å²) in [5.74, 6) is 1.18. The number of nitrogens with zero attached hydrogens (tertiary/aromatic N) is 2. The highest BCUT2D eigenvalue weighted by atomic mass is 16.5. The summed E-state index contributed by atoms with van der Waals surface area (Å²) in [7, 11) is 3.12. The van der Waals surface area contributed by atoms with E-state index in [-0.39, 0.29) is 16.7 Å². The molecule has 2 aromatic carbocycles. The van der Waals surface area contributed by atoms with Crippen LogP contribution in [-0.2, 0) is 6.42 Å². The number of phenols is 1. The fraction of sp³-hybridized carbons (Fsp3) is 0.263. The van der Waals surface area contributed by atoms with E-state index in [0.29, 0.717) is 34.7 Å². The highest BCUT2D eigenvalue weighted by molar-refractivity contribution is 5.87. The van der Waals surface area contributed by atoms with Gasteiger partial charge in [-0.25, -0.2) is 4.98 Å². The third-order valence-electron chi connectivity index (χ3n) is 4.16. The molecular formula is C19H20N2O4. The number of aromatic hydroxyl groups is 1. The number of fused-ring (bicyclic) bond motifs is 1. The number of hydrogen-bond donors (Lipinski definition) is 1. The molecule has 0 aliphatic heterocycles. The third-order valence-corrected chi connectivity index (χ3v) is 4.16. The van der Waals surface area contributed by atoms with E-state index in [4.69, 9.17) is 9.47 Å². The molecule has 0 fully saturated rings. The number of hydrogen-bond acceptors (Lipinski definition) is 5. The Kier molecular flexibility index (Phi) is 4.61. The molecule has 130 valence electrons. The zero-order valence-electron chi connectivity index (χ0n) is 14.4. The number of benzene rings is 2. The quantitative estimate of drug-likeness (QED) is 0.773. The predicted molar refractivity (Wildman–Crippen MR) is 96.1 cm³/mol. The van der Waals surface area contributed by atoms with E-state index in [9.17, 15) is 9.90 Å². The van der Waals surface area contributed by atoms with E-state index in [2.05, 4.69) is 4.98 Å². The summed E-state index contributed by atoms with van der Waals surface area (Å²) in [4.78, 5) is 17.3. The fourth-order valence-corrected chi connectivity index (χ4v) is 2.88. The largest absolute Gasteiger partial charge is 0.507 e. The Balaban J connectivity index is 2.25. The van der Waals surface area contributed by atoms with Crippen molar-refractivity contribution in [2.24, 2.45) is 0 Å². The maximum Gasteiger partial charge on any atom is 0.269 e. The number of methoxy groups -OCH3 is 2. The molecule has 0 saturated heterocycles. The molecule has 0 atom stereocenters. The summed E-state index contributed by atoms with van der Waals surface area (Å²) in [6, 6.07) is 8.76. The Bertz CT molecular complexity index is 962. The minimum Gasteiger partial charge on any atom is -0.507 e. The molecule has 6 heteroatoms. The first-order valence-electron chi connectivity index (χ1n) is 8.05. The highest BCUT2D eigenvalue weighted by Gasteiger charge is 2.18. The third kappa shape index (κ3) is 2.91. The van der Waals surface area contributed by atoms with Gasteiger partial charge in [-0.2, -0.15) is 0 Å². The second kappa shape index (κ2) is 6.84. The second-order valence-corrected chi connectivity index (χ2v) is 5.67. The van der Waals surface area contributed by atoms with E-state index in [1.54, 1.807) is 44.6 Å². The van der Waals surface area contributed by atoms with Crippen LogP contribution < -0.4 is 15.0 Å². The maximum atomic E-state index is 13.0. The molecule has 0 spiro atoms. The van der Waals surface area contributed by atoms with Crippen LogP contribution in [0.2, 0.25) is 0 Å². The van der Waals surface area contributed by atoms with Gasteiger partial charge >= 0.3 is 0 Å². The van der Waals surface area contributed by atoms with Crippen LogP contribution in [0.3, 0.4) is 0 Å². The first-order valence-corrected chi connectivity index (χ1v) is 8.05. The molecule has 0 bridgehead atoms. The van der Waals surface area contributed by atoms with Crippen molar-refractivity contribution in [3.63, 3.8) is 0 Å². The van der Waals surface area contributed by atoms with Crippen molar-refractivity contribution in [1.29, 1.82) is 0 Å². The Morgan fingerprint density at radius 1 is 1.16 bits per heavy atom. The lowest BCUT2D eigenvalue weighted by Gasteiger charge is -2.13. The summed E-state index contributed by atoms with van der Waals surface area (Å²) in [5, 5.41) is 10.9. The van der Waals surface area contributed by atoms with Crippen LogP contribution in [-0.4, -0.2) is 28.9 Å². The first-order chi connectivity index (χ1) is 12.1. The van der Waals surface area contributed by atoms with Gasteiger partial charge in [0.25, 0.3) is 5.56 Å². The van der Waals surface area contributed by atoms with Crippen LogP contribution in [0.5, 0.6) is 17.2 Å². The van der Waals surface area contributed by atoms with Crippen LogP contribution in [0.15, 0.2) is 41.5 Å². The summed E-state index contributed by atoms with van der Waals surface area (Å²) in [6.45, 7) is 2.00. The Hall–Kier alpha value is -3.02. The van der Waals surface area contributed by atoms with E-state index in [0.717, 1.165) is 6.42 Å². The summed E-state index contributed by atoms with van der Waals surface area (Å²) < 4.78 is 11.9. The Labute approximate surface area is 145 Å². The van der Waals surface area contributed by atoms with Crippen molar-refractivity contribution in [2.75, 3.05) is 14.2 Å². The number of phenolic OH excluding ortho intramolecular Hbond substituents is 1. The highest BCUT2D eigenvalue weighted by Crippen LogP contribution is 2.34. The summed E-state index contributed by atoms with van der Waals surface area (Å²) >= 11 is 0. The monoisotopic (exact) mass is 340 g/mol. The van der Waals surface area contributed by atoms with Crippen LogP contribution in [0.25, 0.3) is 16.6 Å². The SMILES string of the molecule is CCCc1c(OC)cc2ncn(-c3ccc(OC)cc3)c(=O)c2c1O. The van der Waals surface area contributed by atoms with Gasteiger partial charge in [-0.15, -0.1) is 0 Å². The topological polar surface area (TPSA) is 73.6 Å². The standard InChI is InChI=1S/C19H20N2O4/c1-4-5-14-16(25-3)10-15-17(18(14)22)19(23)21(11-20-15)12-6-8-13(24-2)9-7-12/h6-11,22H,4-5H2,1-3H3. The smallest absolute Gasteiger partial charge is 0.269 e. The fourth-order valence-electron chi connectivity index (χ4n) is 2.88. The van der Waals surface area contributed by atoms with Crippen molar-refractivity contribution in [2.45, 2.75) is 19.8 Å². The average Bonchev–Trinajstić information content (AvgIpc) is 2.64. The maximum absolute atomic E-state index is 13.0. The van der Waals surface area contributed by atoms with E-state index in [1.807, 2.05) is 6.92 Å². The molecule has 1 heterocycles. The first kappa shape index (κ1) is 16.8. The van der Waals surface area contributed by atoms with Gasteiger partial charge in [-0.3, -0.25) is 9.36 Å². The van der Waals surface area contributed by atoms with Crippen molar-refractivity contribution in [3.05, 3.63) is 52.6 Å². The van der Waals surface area contributed by atoms with Gasteiger partial charge in [0.05, 0.1) is 25.4 Å². The molecule has 0 aliphatic carbocycles. The molecule has 0 amide bonds. The van der Waals surface area contributed by atoms with Crippen LogP contribution >= 0.6 is 0 Å². The second-order valence-electron chi connectivity index (χ2n) is 5.67. The molecule has 0 aliphatic rings. The Morgan fingerprint density at radius 3 is 2.48 bits per heavy atom. The molecule has 1 aromatic heterocycles. The summed E-state index contributed by atoms with van der Waals surface area (Å²) in [5.41, 5.74) is 1.35. The van der Waals surface area contributed by atoms with Gasteiger partial charge in [-0.1, -0.05) is 13.3 Å². The van der Waals surface area contributed by atoms with Crippen molar-refractivity contribution in [3.8, 4) is 22.9 Å². The number of rotatable bonds is 5. The number of aromatic nitrogens is 2. The van der Waals surface area contributed by atoms with Crippen molar-refractivity contribution >= 4 is 10.9 Å². The molecule has 3 rings (SSSR count). The van der Waals surface area contributed by atoms with E-state index >= 15 is 0 Å². The lowest BCUT2D eigenvalue weighted by molar-refractivity contribution is 0.401. The van der Waals surface area contributed by atoms with Gasteiger partial charge < -0.3 is 14.6 Å². The minimum absolute atomic E-state index is 0.0587. The average molecular weight is 340 g/mol. The van der Waals surface area contributed by atoms with Gasteiger partial charge in [0, 0.05) is 11.6 Å². The van der Waals surface area contributed by atoms with E-state index in [1.165, 1.54) is 10.9 Å². The molecule has 0 saturated carbocycles. The zero-order chi connectivity index (χ0) is 18.0. The Morgan fingerprint density at radius 2 is 1.88 bits per heavy atom. The normalized spacial score (nSPS) is 10.8. The zero-order valence-corrected chi connectivity index (χ0v) is 14.4. The molecule has 1 N–H and O–H groups in total. The summed E-state index contributed by atoms with van der Waals surface area (Å²) in [6.07, 6.45) is 2.88. The molecule has 0 radical (unpaired) electrons. The van der Waals surface area contributed by atoms with Crippen LogP contribution in [0.4, 0.5) is 0 Å². The molecule has 6 nitrogen and oxygen atoms in total. The van der Waals surface area contributed by atoms with Gasteiger partial charge in [-0.05, 0) is 30.7 Å². The van der Waals surface area contributed by atoms with E-state index < -0.39 is 0 Å².